The minimum atomic E-state index is -0.306. The molecule has 2 aromatic carbocycles. The summed E-state index contributed by atoms with van der Waals surface area (Å²) in [5.41, 5.74) is 1.39. The van der Waals surface area contributed by atoms with E-state index in [-0.39, 0.29) is 18.4 Å². The molecule has 0 aromatic heterocycles. The number of ether oxygens (including phenoxy) is 1. The summed E-state index contributed by atoms with van der Waals surface area (Å²) in [6, 6.07) is 15.4. The Labute approximate surface area is 146 Å². The zero-order valence-electron chi connectivity index (χ0n) is 14.2. The summed E-state index contributed by atoms with van der Waals surface area (Å²) in [7, 11) is 1.55. The minimum absolute atomic E-state index is 0.0800. The standard InChI is InChI=1S/C19H19N3O3/c1-3-22(19(24)15-7-4-6-14(10-15)12-20)13-18(23)21-16-8-5-9-17(11-16)25-2/h4-11H,3,13H2,1-2H3,(H,21,23). The van der Waals surface area contributed by atoms with Gasteiger partial charge in [0.15, 0.2) is 0 Å². The number of anilines is 1. The maximum absolute atomic E-state index is 12.5. The van der Waals surface area contributed by atoms with Gasteiger partial charge in [-0.15, -0.1) is 0 Å². The summed E-state index contributed by atoms with van der Waals surface area (Å²) >= 11 is 0. The van der Waals surface area contributed by atoms with Crippen LogP contribution in [0.5, 0.6) is 5.75 Å². The van der Waals surface area contributed by atoms with Crippen LogP contribution in [0.25, 0.3) is 0 Å². The van der Waals surface area contributed by atoms with Gasteiger partial charge in [0, 0.05) is 23.9 Å². The molecule has 6 nitrogen and oxygen atoms in total. The molecule has 128 valence electrons. The molecule has 0 aliphatic carbocycles. The Morgan fingerprint density at radius 2 is 1.96 bits per heavy atom. The topological polar surface area (TPSA) is 82.4 Å². The second kappa shape index (κ2) is 8.50. The number of amides is 2. The van der Waals surface area contributed by atoms with Crippen molar-refractivity contribution in [3.63, 3.8) is 0 Å². The van der Waals surface area contributed by atoms with Crippen LogP contribution in [0.2, 0.25) is 0 Å². The van der Waals surface area contributed by atoms with Crippen LogP contribution in [0.4, 0.5) is 5.69 Å². The molecule has 0 aliphatic heterocycles. The van der Waals surface area contributed by atoms with Crippen LogP contribution in [0.1, 0.15) is 22.8 Å². The Bertz CT molecular complexity index is 812. The molecule has 2 rings (SSSR count). The van der Waals surface area contributed by atoms with E-state index in [9.17, 15) is 9.59 Å². The van der Waals surface area contributed by atoms with E-state index < -0.39 is 0 Å². The SMILES string of the molecule is CCN(CC(=O)Nc1cccc(OC)c1)C(=O)c1cccc(C#N)c1. The molecule has 0 unspecified atom stereocenters. The molecule has 0 spiro atoms. The molecule has 2 aromatic rings. The van der Waals surface area contributed by atoms with Crippen molar-refractivity contribution < 1.29 is 14.3 Å². The molecule has 25 heavy (non-hydrogen) atoms. The largest absolute Gasteiger partial charge is 0.497 e. The number of benzene rings is 2. The molecule has 0 radical (unpaired) electrons. The zero-order valence-corrected chi connectivity index (χ0v) is 14.2. The van der Waals surface area contributed by atoms with Crippen LogP contribution < -0.4 is 10.1 Å². The van der Waals surface area contributed by atoms with Gasteiger partial charge in [-0.3, -0.25) is 9.59 Å². The third-order valence-electron chi connectivity index (χ3n) is 3.60. The smallest absolute Gasteiger partial charge is 0.254 e. The van der Waals surface area contributed by atoms with E-state index in [4.69, 9.17) is 10.00 Å². The Morgan fingerprint density at radius 1 is 1.20 bits per heavy atom. The summed E-state index contributed by atoms with van der Waals surface area (Å²) in [4.78, 5) is 26.2. The highest BCUT2D eigenvalue weighted by Crippen LogP contribution is 2.16. The lowest BCUT2D eigenvalue weighted by atomic mass is 10.1. The van der Waals surface area contributed by atoms with Gasteiger partial charge in [0.1, 0.15) is 12.3 Å². The molecule has 1 N–H and O–H groups in total. The highest BCUT2D eigenvalue weighted by atomic mass is 16.5. The van der Waals surface area contributed by atoms with Gasteiger partial charge in [-0.05, 0) is 37.3 Å². The van der Waals surface area contributed by atoms with Gasteiger partial charge in [-0.25, -0.2) is 0 Å². The molecule has 0 saturated carbocycles. The summed E-state index contributed by atoms with van der Waals surface area (Å²) in [5, 5.41) is 11.7. The van der Waals surface area contributed by atoms with Gasteiger partial charge in [0.2, 0.25) is 5.91 Å². The Hall–Kier alpha value is -3.33. The van der Waals surface area contributed by atoms with Gasteiger partial charge >= 0.3 is 0 Å². The summed E-state index contributed by atoms with van der Waals surface area (Å²) in [5.74, 6) is 0.0369. The van der Waals surface area contributed by atoms with Crippen molar-refractivity contribution in [3.05, 3.63) is 59.7 Å². The van der Waals surface area contributed by atoms with Crippen molar-refractivity contribution in [1.29, 1.82) is 5.26 Å². The lowest BCUT2D eigenvalue weighted by Gasteiger charge is -2.20. The van der Waals surface area contributed by atoms with E-state index in [1.54, 1.807) is 56.5 Å². The predicted molar refractivity (Wildman–Crippen MR) is 94.4 cm³/mol. The number of carbonyl (C=O) groups is 2. The molecule has 0 atom stereocenters. The van der Waals surface area contributed by atoms with E-state index in [1.165, 1.54) is 11.0 Å². The summed E-state index contributed by atoms with van der Waals surface area (Å²) < 4.78 is 5.11. The average Bonchev–Trinajstić information content (AvgIpc) is 2.65. The quantitative estimate of drug-likeness (QED) is 0.878. The normalized spacial score (nSPS) is 9.80. The van der Waals surface area contributed by atoms with E-state index in [1.807, 2.05) is 6.07 Å². The van der Waals surface area contributed by atoms with Crippen molar-refractivity contribution >= 4 is 17.5 Å². The first-order valence-electron chi connectivity index (χ1n) is 7.80. The van der Waals surface area contributed by atoms with Crippen molar-refractivity contribution in [2.75, 3.05) is 25.5 Å². The first kappa shape index (κ1) is 18.0. The van der Waals surface area contributed by atoms with E-state index >= 15 is 0 Å². The van der Waals surface area contributed by atoms with Crippen LogP contribution in [0.3, 0.4) is 0 Å². The molecular formula is C19H19N3O3. The fourth-order valence-electron chi connectivity index (χ4n) is 2.31. The number of likely N-dealkylation sites (N-methyl/N-ethyl adjacent to an activating group) is 1. The number of nitriles is 1. The summed E-state index contributed by atoms with van der Waals surface area (Å²) in [6.07, 6.45) is 0. The maximum atomic E-state index is 12.5. The highest BCUT2D eigenvalue weighted by molar-refractivity contribution is 5.99. The molecule has 6 heteroatoms. The van der Waals surface area contributed by atoms with Crippen LogP contribution >= 0.6 is 0 Å². The van der Waals surface area contributed by atoms with E-state index in [0.717, 1.165) is 0 Å². The first-order chi connectivity index (χ1) is 12.1. The molecule has 0 heterocycles. The lowest BCUT2D eigenvalue weighted by Crippen LogP contribution is -2.37. The molecular weight excluding hydrogens is 318 g/mol. The number of nitrogens with one attached hydrogen (secondary N) is 1. The van der Waals surface area contributed by atoms with Crippen molar-refractivity contribution in [2.24, 2.45) is 0 Å². The number of methoxy groups -OCH3 is 1. The van der Waals surface area contributed by atoms with Crippen LogP contribution in [-0.4, -0.2) is 36.9 Å². The molecule has 0 aliphatic rings. The molecule has 0 fully saturated rings. The van der Waals surface area contributed by atoms with Gasteiger partial charge < -0.3 is 15.0 Å². The van der Waals surface area contributed by atoms with E-state index in [2.05, 4.69) is 5.32 Å². The monoisotopic (exact) mass is 337 g/mol. The fraction of sp³-hybridized carbons (Fsp3) is 0.211. The second-order valence-corrected chi connectivity index (χ2v) is 5.29. The average molecular weight is 337 g/mol. The van der Waals surface area contributed by atoms with Crippen molar-refractivity contribution in [3.8, 4) is 11.8 Å². The third kappa shape index (κ3) is 4.82. The van der Waals surface area contributed by atoms with Crippen LogP contribution in [0.15, 0.2) is 48.5 Å². The summed E-state index contributed by atoms with van der Waals surface area (Å²) in [6.45, 7) is 2.09. The number of rotatable bonds is 6. The van der Waals surface area contributed by atoms with Gasteiger partial charge in [-0.2, -0.15) is 5.26 Å². The second-order valence-electron chi connectivity index (χ2n) is 5.29. The maximum Gasteiger partial charge on any atom is 0.254 e. The Kier molecular flexibility index (Phi) is 6.13. The fourth-order valence-corrected chi connectivity index (χ4v) is 2.31. The highest BCUT2D eigenvalue weighted by Gasteiger charge is 2.18. The number of hydrogen-bond donors (Lipinski definition) is 1. The van der Waals surface area contributed by atoms with Crippen molar-refractivity contribution in [2.45, 2.75) is 6.92 Å². The van der Waals surface area contributed by atoms with Crippen LogP contribution in [-0.2, 0) is 4.79 Å². The molecule has 0 bridgehead atoms. The molecule has 2 amide bonds. The van der Waals surface area contributed by atoms with Gasteiger partial charge in [0.25, 0.3) is 5.91 Å². The van der Waals surface area contributed by atoms with Crippen molar-refractivity contribution in [1.82, 2.24) is 4.90 Å². The lowest BCUT2D eigenvalue weighted by molar-refractivity contribution is -0.116. The van der Waals surface area contributed by atoms with Gasteiger partial charge in [0.05, 0.1) is 18.7 Å². The number of carbonyl (C=O) groups excluding carboxylic acids is 2. The molecule has 0 saturated heterocycles. The number of nitrogens with zero attached hydrogens (tertiary/aromatic N) is 2. The zero-order chi connectivity index (χ0) is 18.2. The van der Waals surface area contributed by atoms with E-state index in [0.29, 0.717) is 29.1 Å². The predicted octanol–water partition coefficient (Wildman–Crippen LogP) is 2.67. The Balaban J connectivity index is 2.06. The number of hydrogen-bond acceptors (Lipinski definition) is 4. The third-order valence-corrected chi connectivity index (χ3v) is 3.60. The van der Waals surface area contributed by atoms with Gasteiger partial charge in [-0.1, -0.05) is 12.1 Å². The first-order valence-corrected chi connectivity index (χ1v) is 7.80. The van der Waals surface area contributed by atoms with Crippen LogP contribution in [0, 0.1) is 11.3 Å². The Morgan fingerprint density at radius 3 is 2.64 bits per heavy atom. The minimum Gasteiger partial charge on any atom is -0.497 e.